The number of esters is 1. The molecule has 2 heterocycles. The molecule has 138 valence electrons. The van der Waals surface area contributed by atoms with Crippen LogP contribution in [0.25, 0.3) is 27.9 Å². The lowest BCUT2D eigenvalue weighted by Gasteiger charge is -2.01. The second-order valence-electron chi connectivity index (χ2n) is 6.35. The van der Waals surface area contributed by atoms with Gasteiger partial charge in [0.2, 0.25) is 5.78 Å². The van der Waals surface area contributed by atoms with Gasteiger partial charge in [-0.1, -0.05) is 42.5 Å². The van der Waals surface area contributed by atoms with Crippen molar-refractivity contribution in [2.75, 3.05) is 6.61 Å². The van der Waals surface area contributed by atoms with Crippen molar-refractivity contribution in [2.24, 2.45) is 0 Å². The van der Waals surface area contributed by atoms with Gasteiger partial charge in [-0.3, -0.25) is 4.79 Å². The molecule has 4 aromatic rings. The number of hydrogen-bond acceptors (Lipinski definition) is 5. The van der Waals surface area contributed by atoms with Gasteiger partial charge in [-0.2, -0.15) is 0 Å². The van der Waals surface area contributed by atoms with Crippen molar-refractivity contribution in [1.82, 2.24) is 4.98 Å². The summed E-state index contributed by atoms with van der Waals surface area (Å²) in [5.41, 5.74) is 2.85. The van der Waals surface area contributed by atoms with Gasteiger partial charge >= 0.3 is 5.97 Å². The largest absolute Gasteiger partial charge is 0.454 e. The smallest absolute Gasteiger partial charge is 0.331 e. The first kappa shape index (κ1) is 17.7. The average Bonchev–Trinajstić information content (AvgIpc) is 3.07. The molecule has 0 saturated heterocycles. The summed E-state index contributed by atoms with van der Waals surface area (Å²) in [6.45, 7) is 1.43. The number of Topliss-reactive ketones (excluding diaryl/α,β-unsaturated/α-hetero) is 1. The molecular formula is C23H17NO4. The number of rotatable bonds is 5. The molecule has 0 bridgehead atoms. The van der Waals surface area contributed by atoms with E-state index in [1.807, 2.05) is 61.5 Å². The summed E-state index contributed by atoms with van der Waals surface area (Å²) in [5.74, 6) is -0.773. The SMILES string of the molecule is Cc1c(C(=O)COC(=O)C=Cc2ccc3ccccc3n2)oc2ccccc12. The molecule has 0 aliphatic heterocycles. The monoisotopic (exact) mass is 371 g/mol. The topological polar surface area (TPSA) is 69.4 Å². The maximum atomic E-state index is 12.4. The van der Waals surface area contributed by atoms with Gasteiger partial charge in [0, 0.05) is 22.4 Å². The first-order valence-electron chi connectivity index (χ1n) is 8.84. The molecule has 0 atom stereocenters. The number of hydrogen-bond donors (Lipinski definition) is 0. The fourth-order valence-corrected chi connectivity index (χ4v) is 3.02. The van der Waals surface area contributed by atoms with Gasteiger partial charge in [0.25, 0.3) is 0 Å². The fraction of sp³-hybridized carbons (Fsp3) is 0.0870. The Labute approximate surface area is 161 Å². The highest BCUT2D eigenvalue weighted by molar-refractivity contribution is 6.02. The molecular weight excluding hydrogens is 354 g/mol. The molecule has 0 radical (unpaired) electrons. The lowest BCUT2D eigenvalue weighted by atomic mass is 10.1. The maximum absolute atomic E-state index is 12.4. The van der Waals surface area contributed by atoms with Gasteiger partial charge in [-0.05, 0) is 31.2 Å². The van der Waals surface area contributed by atoms with E-state index in [0.29, 0.717) is 11.3 Å². The van der Waals surface area contributed by atoms with Crippen molar-refractivity contribution < 1.29 is 18.7 Å². The summed E-state index contributed by atoms with van der Waals surface area (Å²) in [5, 5.41) is 1.90. The molecule has 5 nitrogen and oxygen atoms in total. The third kappa shape index (κ3) is 3.55. The number of benzene rings is 2. The minimum atomic E-state index is -0.614. The summed E-state index contributed by atoms with van der Waals surface area (Å²) in [4.78, 5) is 28.8. The van der Waals surface area contributed by atoms with Gasteiger partial charge in [-0.25, -0.2) is 9.78 Å². The molecule has 0 unspecified atom stereocenters. The van der Waals surface area contributed by atoms with E-state index in [1.54, 1.807) is 12.1 Å². The Morgan fingerprint density at radius 1 is 1.04 bits per heavy atom. The average molecular weight is 371 g/mol. The van der Waals surface area contributed by atoms with Crippen LogP contribution >= 0.6 is 0 Å². The Morgan fingerprint density at radius 3 is 2.68 bits per heavy atom. The molecule has 2 aromatic carbocycles. The number of fused-ring (bicyclic) bond motifs is 2. The zero-order valence-corrected chi connectivity index (χ0v) is 15.2. The molecule has 0 aliphatic carbocycles. The van der Waals surface area contributed by atoms with E-state index < -0.39 is 5.97 Å². The predicted molar refractivity (Wildman–Crippen MR) is 107 cm³/mol. The molecule has 28 heavy (non-hydrogen) atoms. The Balaban J connectivity index is 1.41. The number of nitrogens with zero attached hydrogens (tertiary/aromatic N) is 1. The van der Waals surface area contributed by atoms with Crippen LogP contribution in [-0.4, -0.2) is 23.3 Å². The summed E-state index contributed by atoms with van der Waals surface area (Å²) in [6, 6.07) is 18.9. The van der Waals surface area contributed by atoms with E-state index in [2.05, 4.69) is 4.98 Å². The van der Waals surface area contributed by atoms with Gasteiger partial charge in [-0.15, -0.1) is 0 Å². The number of furan rings is 1. The van der Waals surface area contributed by atoms with Crippen LogP contribution in [-0.2, 0) is 9.53 Å². The lowest BCUT2D eigenvalue weighted by Crippen LogP contribution is -2.12. The van der Waals surface area contributed by atoms with Crippen molar-refractivity contribution in [3.8, 4) is 0 Å². The third-order valence-corrected chi connectivity index (χ3v) is 4.45. The number of pyridine rings is 1. The number of ketones is 1. The molecule has 0 amide bonds. The van der Waals surface area contributed by atoms with Crippen molar-refractivity contribution in [3.63, 3.8) is 0 Å². The van der Waals surface area contributed by atoms with E-state index >= 15 is 0 Å². The van der Waals surface area contributed by atoms with Crippen LogP contribution in [0.1, 0.15) is 21.8 Å². The van der Waals surface area contributed by atoms with Gasteiger partial charge in [0.15, 0.2) is 12.4 Å². The van der Waals surface area contributed by atoms with Crippen LogP contribution < -0.4 is 0 Å². The first-order chi connectivity index (χ1) is 13.6. The highest BCUT2D eigenvalue weighted by Crippen LogP contribution is 2.25. The number of para-hydroxylation sites is 2. The van der Waals surface area contributed by atoms with Crippen LogP contribution in [0, 0.1) is 6.92 Å². The number of carbonyl (C=O) groups is 2. The highest BCUT2D eigenvalue weighted by atomic mass is 16.5. The van der Waals surface area contributed by atoms with Crippen molar-refractivity contribution in [1.29, 1.82) is 0 Å². The maximum Gasteiger partial charge on any atom is 0.331 e. The second kappa shape index (κ2) is 7.48. The Hall–Kier alpha value is -3.73. The Bertz CT molecular complexity index is 1220. The van der Waals surface area contributed by atoms with E-state index in [9.17, 15) is 9.59 Å². The van der Waals surface area contributed by atoms with Crippen LogP contribution in [0.5, 0.6) is 0 Å². The third-order valence-electron chi connectivity index (χ3n) is 4.45. The number of aryl methyl sites for hydroxylation is 1. The molecule has 0 N–H and O–H groups in total. The first-order valence-corrected chi connectivity index (χ1v) is 8.84. The summed E-state index contributed by atoms with van der Waals surface area (Å²) in [7, 11) is 0. The normalized spacial score (nSPS) is 11.3. The van der Waals surface area contributed by atoms with E-state index in [4.69, 9.17) is 9.15 Å². The van der Waals surface area contributed by atoms with E-state index in [1.165, 1.54) is 6.08 Å². The molecule has 0 saturated carbocycles. The van der Waals surface area contributed by atoms with Crippen LogP contribution in [0.15, 0.2) is 71.2 Å². The molecule has 5 heteroatoms. The number of ether oxygens (including phenoxy) is 1. The van der Waals surface area contributed by atoms with E-state index in [0.717, 1.165) is 21.9 Å². The van der Waals surface area contributed by atoms with Crippen LogP contribution in [0.4, 0.5) is 0 Å². The minimum Gasteiger partial charge on any atom is -0.454 e. The second-order valence-corrected chi connectivity index (χ2v) is 6.35. The number of aromatic nitrogens is 1. The van der Waals surface area contributed by atoms with Crippen molar-refractivity contribution >= 4 is 39.7 Å². The zero-order chi connectivity index (χ0) is 19.5. The van der Waals surface area contributed by atoms with Crippen LogP contribution in [0.3, 0.4) is 0 Å². The van der Waals surface area contributed by atoms with Gasteiger partial charge in [0.05, 0.1) is 11.2 Å². The Morgan fingerprint density at radius 2 is 1.82 bits per heavy atom. The summed E-state index contributed by atoms with van der Waals surface area (Å²) < 4.78 is 10.6. The Kier molecular flexibility index (Phi) is 4.72. The quantitative estimate of drug-likeness (QED) is 0.288. The zero-order valence-electron chi connectivity index (χ0n) is 15.2. The summed E-state index contributed by atoms with van der Waals surface area (Å²) in [6.07, 6.45) is 2.82. The lowest BCUT2D eigenvalue weighted by molar-refractivity contribution is -0.136. The molecule has 0 spiro atoms. The van der Waals surface area contributed by atoms with Gasteiger partial charge < -0.3 is 9.15 Å². The van der Waals surface area contributed by atoms with Crippen LogP contribution in [0.2, 0.25) is 0 Å². The summed E-state index contributed by atoms with van der Waals surface area (Å²) >= 11 is 0. The molecule has 4 rings (SSSR count). The predicted octanol–water partition coefficient (Wildman–Crippen LogP) is 4.73. The highest BCUT2D eigenvalue weighted by Gasteiger charge is 2.18. The molecule has 0 aliphatic rings. The van der Waals surface area contributed by atoms with Crippen molar-refractivity contribution in [2.45, 2.75) is 6.92 Å². The number of carbonyl (C=O) groups excluding carboxylic acids is 2. The van der Waals surface area contributed by atoms with Gasteiger partial charge in [0.1, 0.15) is 5.58 Å². The van der Waals surface area contributed by atoms with Crippen molar-refractivity contribution in [3.05, 3.63) is 83.8 Å². The fourth-order valence-electron chi connectivity index (χ4n) is 3.02. The van der Waals surface area contributed by atoms with E-state index in [-0.39, 0.29) is 18.2 Å². The minimum absolute atomic E-state index is 0.217. The molecule has 0 fully saturated rings. The standard InChI is InChI=1S/C23H17NO4/c1-15-18-7-3-5-9-21(18)28-23(15)20(25)14-27-22(26)13-12-17-11-10-16-6-2-4-8-19(16)24-17/h2-13H,14H2,1H3. The molecule has 2 aromatic heterocycles.